The van der Waals surface area contributed by atoms with Gasteiger partial charge in [0, 0.05) is 13.1 Å². The number of hydrogen-bond acceptors (Lipinski definition) is 6. The molecule has 8 nitrogen and oxygen atoms in total. The second kappa shape index (κ2) is 6.25. The summed E-state index contributed by atoms with van der Waals surface area (Å²) in [4.78, 5) is 12.0. The number of carbonyl (C=O) groups excluding carboxylic acids is 1. The molecule has 0 bridgehead atoms. The molecule has 1 aliphatic rings. The molecule has 21 heavy (non-hydrogen) atoms. The molecule has 0 saturated heterocycles. The molecule has 1 amide bonds. The fraction of sp³-hybridized carbons (Fsp3) is 0.583. The summed E-state index contributed by atoms with van der Waals surface area (Å²) in [5.41, 5.74) is 0. The molecule has 0 unspecified atom stereocenters. The Morgan fingerprint density at radius 3 is 3.00 bits per heavy atom. The molecule has 0 aliphatic heterocycles. The van der Waals surface area contributed by atoms with Gasteiger partial charge in [-0.1, -0.05) is 24.6 Å². The van der Waals surface area contributed by atoms with Crippen LogP contribution in [0.2, 0.25) is 0 Å². The molecule has 112 valence electrons. The average Bonchev–Trinajstić information content (AvgIpc) is 3.17. The van der Waals surface area contributed by atoms with Crippen molar-refractivity contribution in [2.45, 2.75) is 36.9 Å². The smallest absolute Gasteiger partial charge is 0.235 e. The lowest BCUT2D eigenvalue weighted by Gasteiger charge is -2.14. The molecule has 1 N–H and O–H groups in total. The van der Waals surface area contributed by atoms with Gasteiger partial charge < -0.3 is 5.32 Å². The van der Waals surface area contributed by atoms with E-state index in [0.717, 1.165) is 18.7 Å². The highest BCUT2D eigenvalue weighted by atomic mass is 32.2. The average molecular weight is 307 g/mol. The van der Waals surface area contributed by atoms with E-state index in [1.54, 1.807) is 17.9 Å². The molecule has 0 aromatic carbocycles. The third kappa shape index (κ3) is 3.23. The molecule has 1 saturated carbocycles. The Kier molecular flexibility index (Phi) is 4.18. The fourth-order valence-corrected chi connectivity index (χ4v) is 3.16. The van der Waals surface area contributed by atoms with Crippen LogP contribution in [0.15, 0.2) is 17.4 Å². The number of nitrogens with one attached hydrogen (secondary N) is 1. The van der Waals surface area contributed by atoms with Gasteiger partial charge in [0.05, 0.1) is 18.0 Å². The highest BCUT2D eigenvalue weighted by molar-refractivity contribution is 7.99. The molecule has 2 heterocycles. The molecular formula is C12H17N7OS. The van der Waals surface area contributed by atoms with Gasteiger partial charge in [-0.05, 0) is 23.3 Å². The fourth-order valence-electron chi connectivity index (χ4n) is 2.51. The highest BCUT2D eigenvalue weighted by Gasteiger charge is 2.20. The zero-order valence-corrected chi connectivity index (χ0v) is 12.6. The molecule has 3 rings (SSSR count). The van der Waals surface area contributed by atoms with Crippen LogP contribution in [-0.4, -0.2) is 41.6 Å². The van der Waals surface area contributed by atoms with E-state index >= 15 is 0 Å². The van der Waals surface area contributed by atoms with Crippen LogP contribution in [0, 0.1) is 0 Å². The number of aromatic nitrogens is 6. The number of carbonyl (C=O) groups is 1. The van der Waals surface area contributed by atoms with Crippen molar-refractivity contribution in [1.82, 2.24) is 30.0 Å². The largest absolute Gasteiger partial charge is 0.310 e. The predicted octanol–water partition coefficient (Wildman–Crippen LogP) is 1.25. The summed E-state index contributed by atoms with van der Waals surface area (Å²) < 4.78 is 3.47. The number of aryl methyl sites for hydroxylation is 1. The van der Waals surface area contributed by atoms with Crippen molar-refractivity contribution >= 4 is 23.5 Å². The van der Waals surface area contributed by atoms with E-state index in [0.29, 0.717) is 11.2 Å². The van der Waals surface area contributed by atoms with Crippen LogP contribution in [-0.2, 0) is 11.8 Å². The minimum absolute atomic E-state index is 0.0808. The molecule has 0 atom stereocenters. The Bertz CT molecular complexity index is 617. The second-order valence-electron chi connectivity index (χ2n) is 5.02. The van der Waals surface area contributed by atoms with Crippen molar-refractivity contribution in [2.75, 3.05) is 11.1 Å². The van der Waals surface area contributed by atoms with Gasteiger partial charge >= 0.3 is 0 Å². The quantitative estimate of drug-likeness (QED) is 0.836. The van der Waals surface area contributed by atoms with E-state index in [1.165, 1.54) is 24.6 Å². The van der Waals surface area contributed by atoms with Gasteiger partial charge in [0.2, 0.25) is 11.1 Å². The number of rotatable bonds is 5. The molecule has 1 fully saturated rings. The third-order valence-electron chi connectivity index (χ3n) is 3.52. The van der Waals surface area contributed by atoms with E-state index in [4.69, 9.17) is 0 Å². The number of anilines is 1. The Balaban J connectivity index is 1.57. The Morgan fingerprint density at radius 2 is 2.29 bits per heavy atom. The van der Waals surface area contributed by atoms with Gasteiger partial charge in [0.25, 0.3) is 0 Å². The van der Waals surface area contributed by atoms with E-state index in [2.05, 4.69) is 25.9 Å². The van der Waals surface area contributed by atoms with E-state index < -0.39 is 0 Å². The van der Waals surface area contributed by atoms with Gasteiger partial charge in [-0.25, -0.2) is 9.36 Å². The van der Waals surface area contributed by atoms with Crippen LogP contribution in [0.3, 0.4) is 0 Å². The zero-order valence-electron chi connectivity index (χ0n) is 11.8. The minimum Gasteiger partial charge on any atom is -0.310 e. The summed E-state index contributed by atoms with van der Waals surface area (Å²) >= 11 is 1.31. The van der Waals surface area contributed by atoms with Crippen molar-refractivity contribution in [3.05, 3.63) is 12.3 Å². The van der Waals surface area contributed by atoms with Gasteiger partial charge in [-0.3, -0.25) is 4.79 Å². The first-order chi connectivity index (χ1) is 10.2. The highest BCUT2D eigenvalue weighted by Crippen LogP contribution is 2.31. The van der Waals surface area contributed by atoms with Crippen molar-refractivity contribution < 1.29 is 4.79 Å². The third-order valence-corrected chi connectivity index (χ3v) is 4.53. The number of tetrazole rings is 1. The lowest BCUT2D eigenvalue weighted by atomic mass is 10.2. The maximum atomic E-state index is 12.0. The number of thioether (sulfide) groups is 1. The first kappa shape index (κ1) is 14.1. The van der Waals surface area contributed by atoms with Gasteiger partial charge in [0.15, 0.2) is 0 Å². The molecule has 0 spiro atoms. The number of nitrogens with zero attached hydrogens (tertiary/aromatic N) is 6. The Hall–Kier alpha value is -1.90. The van der Waals surface area contributed by atoms with Crippen LogP contribution in [0.25, 0.3) is 0 Å². The normalized spacial score (nSPS) is 15.5. The first-order valence-corrected chi connectivity index (χ1v) is 7.91. The van der Waals surface area contributed by atoms with Crippen LogP contribution in [0.4, 0.5) is 5.82 Å². The van der Waals surface area contributed by atoms with E-state index in [1.807, 2.05) is 10.7 Å². The molecular weight excluding hydrogens is 290 g/mol. The van der Waals surface area contributed by atoms with Crippen molar-refractivity contribution in [3.8, 4) is 0 Å². The predicted molar refractivity (Wildman–Crippen MR) is 77.9 cm³/mol. The maximum Gasteiger partial charge on any atom is 0.235 e. The van der Waals surface area contributed by atoms with Crippen LogP contribution >= 0.6 is 11.8 Å². The molecule has 9 heteroatoms. The molecule has 2 aromatic rings. The van der Waals surface area contributed by atoms with Gasteiger partial charge in [0.1, 0.15) is 5.82 Å². The molecule has 0 radical (unpaired) electrons. The van der Waals surface area contributed by atoms with E-state index in [9.17, 15) is 4.79 Å². The zero-order chi connectivity index (χ0) is 14.7. The van der Waals surface area contributed by atoms with Crippen molar-refractivity contribution in [2.24, 2.45) is 7.05 Å². The summed E-state index contributed by atoms with van der Waals surface area (Å²) in [7, 11) is 1.75. The van der Waals surface area contributed by atoms with Crippen LogP contribution < -0.4 is 5.32 Å². The van der Waals surface area contributed by atoms with Gasteiger partial charge in [-0.2, -0.15) is 5.10 Å². The van der Waals surface area contributed by atoms with Crippen LogP contribution in [0.1, 0.15) is 31.7 Å². The summed E-state index contributed by atoms with van der Waals surface area (Å²) in [6.45, 7) is 0. The summed E-state index contributed by atoms with van der Waals surface area (Å²) in [6, 6.07) is 2.25. The Morgan fingerprint density at radius 1 is 1.48 bits per heavy atom. The summed E-state index contributed by atoms with van der Waals surface area (Å²) in [5, 5.41) is 19.0. The van der Waals surface area contributed by atoms with Crippen molar-refractivity contribution in [3.63, 3.8) is 0 Å². The summed E-state index contributed by atoms with van der Waals surface area (Å²) in [5.74, 6) is 0.954. The van der Waals surface area contributed by atoms with Crippen LogP contribution in [0.5, 0.6) is 0 Å². The molecule has 2 aromatic heterocycles. The SMILES string of the molecule is Cn1nnnc1SCC(=O)Nc1ccnn1C1CCCC1. The lowest BCUT2D eigenvalue weighted by molar-refractivity contribution is -0.113. The van der Waals surface area contributed by atoms with Gasteiger partial charge in [-0.15, -0.1) is 5.10 Å². The standard InChI is InChI=1S/C12H17N7OS/c1-18-12(15-16-17-18)21-8-11(20)14-10-6-7-13-19(10)9-4-2-3-5-9/h6-7,9H,2-5,8H2,1H3,(H,14,20). The van der Waals surface area contributed by atoms with E-state index in [-0.39, 0.29) is 11.7 Å². The first-order valence-electron chi connectivity index (χ1n) is 6.92. The minimum atomic E-state index is -0.0808. The number of amides is 1. The lowest BCUT2D eigenvalue weighted by Crippen LogP contribution is -2.19. The topological polar surface area (TPSA) is 90.5 Å². The second-order valence-corrected chi connectivity index (χ2v) is 5.96. The monoisotopic (exact) mass is 307 g/mol. The number of hydrogen-bond donors (Lipinski definition) is 1. The summed E-state index contributed by atoms with van der Waals surface area (Å²) in [6.07, 6.45) is 6.45. The maximum absolute atomic E-state index is 12.0. The molecule has 1 aliphatic carbocycles. The Labute approximate surface area is 126 Å². The van der Waals surface area contributed by atoms with Crippen molar-refractivity contribution in [1.29, 1.82) is 0 Å².